The summed E-state index contributed by atoms with van der Waals surface area (Å²) >= 11 is 0. The van der Waals surface area contributed by atoms with Crippen molar-refractivity contribution in [3.05, 3.63) is 40.7 Å². The number of nitrogen functional groups attached to an aromatic ring is 1. The van der Waals surface area contributed by atoms with Crippen LogP contribution in [0.15, 0.2) is 35.1 Å². The highest BCUT2D eigenvalue weighted by atomic mass is 16.5. The molecule has 3 rings (SSSR count). The Kier molecular flexibility index (Phi) is 3.03. The molecule has 0 radical (unpaired) electrons. The first-order valence-electron chi connectivity index (χ1n) is 6.63. The van der Waals surface area contributed by atoms with Crippen LogP contribution in [0.3, 0.4) is 0 Å². The average molecular weight is 258 g/mol. The van der Waals surface area contributed by atoms with E-state index in [4.69, 9.17) is 10.5 Å². The molecule has 2 atom stereocenters. The normalized spacial score (nSPS) is 23.0. The zero-order chi connectivity index (χ0) is 13.4. The minimum atomic E-state index is 0.0114. The molecule has 1 aromatic carbocycles. The van der Waals surface area contributed by atoms with Crippen molar-refractivity contribution < 1.29 is 4.74 Å². The van der Waals surface area contributed by atoms with E-state index < -0.39 is 0 Å². The molecule has 1 heterocycles. The monoisotopic (exact) mass is 258 g/mol. The second-order valence-corrected chi connectivity index (χ2v) is 5.16. The number of methoxy groups -OCH3 is 1. The Hall–Kier alpha value is -1.81. The van der Waals surface area contributed by atoms with Gasteiger partial charge in [-0.25, -0.2) is 0 Å². The number of benzene rings is 1. The quantitative estimate of drug-likeness (QED) is 0.899. The number of aromatic nitrogens is 1. The van der Waals surface area contributed by atoms with Gasteiger partial charge in [0.1, 0.15) is 5.82 Å². The molecule has 2 N–H and O–H groups in total. The summed E-state index contributed by atoms with van der Waals surface area (Å²) in [5.74, 6) is 0.547. The average Bonchev–Trinajstić information content (AvgIpc) is 2.87. The van der Waals surface area contributed by atoms with E-state index in [9.17, 15) is 4.79 Å². The van der Waals surface area contributed by atoms with Crippen LogP contribution >= 0.6 is 0 Å². The predicted molar refractivity (Wildman–Crippen MR) is 76.3 cm³/mol. The summed E-state index contributed by atoms with van der Waals surface area (Å²) in [6, 6.07) is 9.62. The first-order chi connectivity index (χ1) is 9.20. The first kappa shape index (κ1) is 12.2. The summed E-state index contributed by atoms with van der Waals surface area (Å²) in [7, 11) is 1.72. The van der Waals surface area contributed by atoms with E-state index in [-0.39, 0.29) is 17.7 Å². The van der Waals surface area contributed by atoms with Crippen LogP contribution in [-0.2, 0) is 4.74 Å². The zero-order valence-electron chi connectivity index (χ0n) is 11.0. The van der Waals surface area contributed by atoms with E-state index in [0.717, 1.165) is 30.0 Å². The van der Waals surface area contributed by atoms with E-state index in [2.05, 4.69) is 0 Å². The van der Waals surface area contributed by atoms with Crippen molar-refractivity contribution in [1.82, 2.24) is 4.57 Å². The molecule has 1 saturated carbocycles. The molecule has 2 unspecified atom stereocenters. The van der Waals surface area contributed by atoms with Crippen LogP contribution in [0, 0.1) is 0 Å². The van der Waals surface area contributed by atoms with Crippen LogP contribution in [0.4, 0.5) is 5.82 Å². The molecule has 0 aliphatic heterocycles. The van der Waals surface area contributed by atoms with Crippen molar-refractivity contribution in [3.8, 4) is 0 Å². The maximum atomic E-state index is 12.6. The van der Waals surface area contributed by atoms with E-state index in [1.54, 1.807) is 11.7 Å². The molecule has 4 nitrogen and oxygen atoms in total. The molecule has 0 bridgehead atoms. The summed E-state index contributed by atoms with van der Waals surface area (Å²) in [4.78, 5) is 12.6. The summed E-state index contributed by atoms with van der Waals surface area (Å²) in [6.45, 7) is 0. The van der Waals surface area contributed by atoms with Crippen LogP contribution in [0.25, 0.3) is 10.8 Å². The van der Waals surface area contributed by atoms with Crippen LogP contribution in [0.5, 0.6) is 0 Å². The number of hydrogen-bond acceptors (Lipinski definition) is 3. The fourth-order valence-electron chi connectivity index (χ4n) is 3.04. The lowest BCUT2D eigenvalue weighted by atomic mass is 10.1. The molecule has 1 aliphatic carbocycles. The van der Waals surface area contributed by atoms with Gasteiger partial charge in [0.05, 0.1) is 6.10 Å². The lowest BCUT2D eigenvalue weighted by Crippen LogP contribution is -2.26. The van der Waals surface area contributed by atoms with Crippen LogP contribution < -0.4 is 11.3 Å². The van der Waals surface area contributed by atoms with Crippen molar-refractivity contribution in [2.45, 2.75) is 31.4 Å². The van der Waals surface area contributed by atoms with Crippen LogP contribution in [0.1, 0.15) is 25.3 Å². The molecule has 2 aromatic rings. The van der Waals surface area contributed by atoms with Crippen molar-refractivity contribution >= 4 is 16.6 Å². The van der Waals surface area contributed by atoms with Gasteiger partial charge in [0.15, 0.2) is 0 Å². The van der Waals surface area contributed by atoms with Gasteiger partial charge in [0, 0.05) is 18.5 Å². The van der Waals surface area contributed by atoms with Gasteiger partial charge in [-0.3, -0.25) is 9.36 Å². The minimum Gasteiger partial charge on any atom is -0.385 e. The molecule has 0 saturated heterocycles. The van der Waals surface area contributed by atoms with Crippen molar-refractivity contribution in [3.63, 3.8) is 0 Å². The maximum absolute atomic E-state index is 12.6. The molecule has 0 spiro atoms. The maximum Gasteiger partial charge on any atom is 0.260 e. The van der Waals surface area contributed by atoms with E-state index >= 15 is 0 Å². The third-order valence-corrected chi connectivity index (χ3v) is 4.05. The van der Waals surface area contributed by atoms with E-state index in [1.807, 2.05) is 30.3 Å². The fraction of sp³-hybridized carbons (Fsp3) is 0.400. The standard InChI is InChI=1S/C15H18N2O2/c1-19-12-7-6-11(9-12)17-14(16)8-10-4-2-3-5-13(10)15(17)18/h2-5,8,11-12H,6-7,9,16H2,1H3. The highest BCUT2D eigenvalue weighted by Crippen LogP contribution is 2.32. The van der Waals surface area contributed by atoms with Gasteiger partial charge < -0.3 is 10.5 Å². The lowest BCUT2D eigenvalue weighted by molar-refractivity contribution is 0.106. The van der Waals surface area contributed by atoms with Gasteiger partial charge in [-0.1, -0.05) is 18.2 Å². The molecule has 19 heavy (non-hydrogen) atoms. The number of pyridine rings is 1. The van der Waals surface area contributed by atoms with Crippen LogP contribution in [0.2, 0.25) is 0 Å². The van der Waals surface area contributed by atoms with Gasteiger partial charge in [-0.15, -0.1) is 0 Å². The molecular formula is C15H18N2O2. The predicted octanol–water partition coefficient (Wildman–Crippen LogP) is 2.32. The van der Waals surface area contributed by atoms with Crippen molar-refractivity contribution in [2.24, 2.45) is 0 Å². The third-order valence-electron chi connectivity index (χ3n) is 4.05. The zero-order valence-corrected chi connectivity index (χ0v) is 11.0. The Morgan fingerprint density at radius 3 is 2.84 bits per heavy atom. The molecule has 0 amide bonds. The number of fused-ring (bicyclic) bond motifs is 1. The molecule has 1 aliphatic rings. The van der Waals surface area contributed by atoms with Gasteiger partial charge >= 0.3 is 0 Å². The van der Waals surface area contributed by atoms with Gasteiger partial charge in [-0.05, 0) is 36.8 Å². The summed E-state index contributed by atoms with van der Waals surface area (Å²) in [5.41, 5.74) is 6.09. The Morgan fingerprint density at radius 1 is 1.32 bits per heavy atom. The second kappa shape index (κ2) is 4.70. The SMILES string of the molecule is COC1CCC(n2c(N)cc3ccccc3c2=O)C1. The summed E-state index contributed by atoms with van der Waals surface area (Å²) in [5, 5.41) is 1.64. The lowest BCUT2D eigenvalue weighted by Gasteiger charge is -2.18. The topological polar surface area (TPSA) is 57.2 Å². The molecule has 1 aromatic heterocycles. The largest absolute Gasteiger partial charge is 0.385 e. The van der Waals surface area contributed by atoms with Crippen molar-refractivity contribution in [2.75, 3.05) is 12.8 Å². The van der Waals surface area contributed by atoms with Crippen molar-refractivity contribution in [1.29, 1.82) is 0 Å². The number of anilines is 1. The second-order valence-electron chi connectivity index (χ2n) is 5.16. The number of nitrogens with two attached hydrogens (primary N) is 1. The Balaban J connectivity index is 2.11. The fourth-order valence-corrected chi connectivity index (χ4v) is 3.04. The highest BCUT2D eigenvalue weighted by Gasteiger charge is 2.27. The number of hydrogen-bond donors (Lipinski definition) is 1. The van der Waals surface area contributed by atoms with E-state index in [1.165, 1.54) is 0 Å². The Bertz CT molecular complexity index is 663. The van der Waals surface area contributed by atoms with E-state index in [0.29, 0.717) is 5.82 Å². The van der Waals surface area contributed by atoms with Gasteiger partial charge in [-0.2, -0.15) is 0 Å². The molecule has 4 heteroatoms. The first-order valence-corrected chi connectivity index (χ1v) is 6.63. The van der Waals surface area contributed by atoms with Gasteiger partial charge in [0.25, 0.3) is 5.56 Å². The molecule has 100 valence electrons. The molecular weight excluding hydrogens is 240 g/mol. The van der Waals surface area contributed by atoms with Crippen LogP contribution in [-0.4, -0.2) is 17.8 Å². The van der Waals surface area contributed by atoms with Gasteiger partial charge in [0.2, 0.25) is 0 Å². The summed E-state index contributed by atoms with van der Waals surface area (Å²) < 4.78 is 7.11. The summed E-state index contributed by atoms with van der Waals surface area (Å²) in [6.07, 6.45) is 3.03. The smallest absolute Gasteiger partial charge is 0.260 e. The Morgan fingerprint density at radius 2 is 2.11 bits per heavy atom. The molecule has 1 fully saturated rings. The number of rotatable bonds is 2. The number of ether oxygens (including phenoxy) is 1. The number of nitrogens with zero attached hydrogens (tertiary/aromatic N) is 1. The Labute approximate surface area is 111 Å². The third kappa shape index (κ3) is 2.02. The highest BCUT2D eigenvalue weighted by molar-refractivity contribution is 5.83. The minimum absolute atomic E-state index is 0.0114.